The van der Waals surface area contributed by atoms with Crippen LogP contribution in [0.3, 0.4) is 0 Å². The van der Waals surface area contributed by atoms with Crippen molar-refractivity contribution in [2.75, 3.05) is 13.1 Å². The predicted octanol–water partition coefficient (Wildman–Crippen LogP) is 1.00. The molecule has 1 rings (SSSR count). The first kappa shape index (κ1) is 16.5. The fraction of sp³-hybridized carbons (Fsp3) is 0.786. The zero-order chi connectivity index (χ0) is 15.1. The van der Waals surface area contributed by atoms with Gasteiger partial charge in [-0.1, -0.05) is 13.8 Å². The molecule has 0 atom stereocenters. The van der Waals surface area contributed by atoms with Crippen molar-refractivity contribution in [3.63, 3.8) is 0 Å². The number of nitrogens with zero attached hydrogens (tertiary/aromatic N) is 1. The van der Waals surface area contributed by atoms with E-state index in [1.807, 2.05) is 13.8 Å². The summed E-state index contributed by atoms with van der Waals surface area (Å²) in [6.45, 7) is 4.98. The Hall–Kier alpha value is -1.59. The molecule has 0 unspecified atom stereocenters. The monoisotopic (exact) mass is 284 g/mol. The second kappa shape index (κ2) is 7.87. The van der Waals surface area contributed by atoms with Crippen LogP contribution in [0, 0.1) is 5.92 Å². The summed E-state index contributed by atoms with van der Waals surface area (Å²) in [5.74, 6) is -0.824. The summed E-state index contributed by atoms with van der Waals surface area (Å²) < 4.78 is 0. The average molecular weight is 284 g/mol. The summed E-state index contributed by atoms with van der Waals surface area (Å²) in [5, 5.41) is 11.5. The molecule has 6 heteroatoms. The van der Waals surface area contributed by atoms with Crippen molar-refractivity contribution < 1.29 is 19.5 Å². The number of amides is 2. The van der Waals surface area contributed by atoms with Crippen molar-refractivity contribution in [2.24, 2.45) is 5.92 Å². The molecule has 1 aliphatic heterocycles. The van der Waals surface area contributed by atoms with Crippen LogP contribution in [-0.2, 0) is 14.4 Å². The van der Waals surface area contributed by atoms with Gasteiger partial charge in [-0.05, 0) is 19.3 Å². The molecule has 0 aromatic heterocycles. The van der Waals surface area contributed by atoms with Gasteiger partial charge in [0, 0.05) is 37.9 Å². The van der Waals surface area contributed by atoms with Gasteiger partial charge >= 0.3 is 5.97 Å². The second-order valence-electron chi connectivity index (χ2n) is 5.57. The topological polar surface area (TPSA) is 86.7 Å². The number of hydrogen-bond acceptors (Lipinski definition) is 3. The van der Waals surface area contributed by atoms with Crippen molar-refractivity contribution in [1.82, 2.24) is 10.2 Å². The normalized spacial score (nSPS) is 16.2. The Bertz CT molecular complexity index is 360. The molecule has 1 fully saturated rings. The van der Waals surface area contributed by atoms with Gasteiger partial charge in [0.1, 0.15) is 0 Å². The Kier molecular flexibility index (Phi) is 6.48. The first-order chi connectivity index (χ1) is 9.40. The van der Waals surface area contributed by atoms with Crippen LogP contribution < -0.4 is 5.32 Å². The molecule has 2 N–H and O–H groups in total. The highest BCUT2D eigenvalue weighted by molar-refractivity contribution is 5.78. The minimum absolute atomic E-state index is 0.0138. The third kappa shape index (κ3) is 5.59. The minimum atomic E-state index is -0.868. The van der Waals surface area contributed by atoms with Crippen molar-refractivity contribution in [3.8, 4) is 0 Å². The van der Waals surface area contributed by atoms with Crippen LogP contribution in [0.1, 0.15) is 46.0 Å². The van der Waals surface area contributed by atoms with Crippen LogP contribution in [0.15, 0.2) is 0 Å². The number of piperidine rings is 1. The van der Waals surface area contributed by atoms with E-state index in [-0.39, 0.29) is 36.6 Å². The third-order valence-electron chi connectivity index (χ3n) is 3.50. The number of rotatable bonds is 6. The molecule has 1 aliphatic rings. The lowest BCUT2D eigenvalue weighted by Crippen LogP contribution is -2.47. The molecule has 0 radical (unpaired) electrons. The molecule has 20 heavy (non-hydrogen) atoms. The summed E-state index contributed by atoms with van der Waals surface area (Å²) in [6, 6.07) is 0.146. The molecule has 6 nitrogen and oxygen atoms in total. The Morgan fingerprint density at radius 2 is 1.80 bits per heavy atom. The molecule has 0 aromatic carbocycles. The van der Waals surface area contributed by atoms with Crippen molar-refractivity contribution >= 4 is 17.8 Å². The van der Waals surface area contributed by atoms with Gasteiger partial charge in [0.25, 0.3) is 0 Å². The zero-order valence-electron chi connectivity index (χ0n) is 12.2. The van der Waals surface area contributed by atoms with Crippen LogP contribution in [0.25, 0.3) is 0 Å². The molecule has 1 heterocycles. The highest BCUT2D eigenvalue weighted by atomic mass is 16.4. The summed E-state index contributed by atoms with van der Waals surface area (Å²) >= 11 is 0. The number of aliphatic carboxylic acids is 1. The molecule has 114 valence electrons. The van der Waals surface area contributed by atoms with E-state index in [2.05, 4.69) is 5.32 Å². The number of carbonyl (C=O) groups excluding carboxylic acids is 2. The van der Waals surface area contributed by atoms with E-state index in [4.69, 9.17) is 5.11 Å². The molecular formula is C14H24N2O4. The maximum Gasteiger partial charge on any atom is 0.303 e. The highest BCUT2D eigenvalue weighted by Gasteiger charge is 2.24. The SMILES string of the molecule is CC(C)C(=O)NC1CCN(C(=O)CCCC(=O)O)CC1. The molecule has 1 saturated heterocycles. The molecule has 0 aliphatic carbocycles. The van der Waals surface area contributed by atoms with Crippen molar-refractivity contribution in [2.45, 2.75) is 52.0 Å². The van der Waals surface area contributed by atoms with E-state index in [0.717, 1.165) is 12.8 Å². The summed E-state index contributed by atoms with van der Waals surface area (Å²) in [5.41, 5.74) is 0. The molecule has 0 saturated carbocycles. The zero-order valence-corrected chi connectivity index (χ0v) is 12.2. The van der Waals surface area contributed by atoms with E-state index in [0.29, 0.717) is 19.5 Å². The predicted molar refractivity (Wildman–Crippen MR) is 74.1 cm³/mol. The first-order valence-corrected chi connectivity index (χ1v) is 7.20. The Balaban J connectivity index is 2.26. The first-order valence-electron chi connectivity index (χ1n) is 7.20. The number of likely N-dealkylation sites (tertiary alicyclic amines) is 1. The maximum atomic E-state index is 11.9. The molecule has 0 spiro atoms. The van der Waals surface area contributed by atoms with E-state index in [1.165, 1.54) is 0 Å². The largest absolute Gasteiger partial charge is 0.481 e. The Morgan fingerprint density at radius 1 is 1.20 bits per heavy atom. The molecule has 2 amide bonds. The number of hydrogen-bond donors (Lipinski definition) is 2. The van der Waals surface area contributed by atoms with Gasteiger partial charge in [0.2, 0.25) is 11.8 Å². The van der Waals surface area contributed by atoms with Gasteiger partial charge in [-0.25, -0.2) is 0 Å². The van der Waals surface area contributed by atoms with Crippen molar-refractivity contribution in [3.05, 3.63) is 0 Å². The molecular weight excluding hydrogens is 260 g/mol. The van der Waals surface area contributed by atoms with Crippen LogP contribution in [0.5, 0.6) is 0 Å². The number of carbonyl (C=O) groups is 3. The van der Waals surface area contributed by atoms with Gasteiger partial charge in [0.15, 0.2) is 0 Å². The lowest BCUT2D eigenvalue weighted by molar-refractivity contribution is -0.137. The fourth-order valence-electron chi connectivity index (χ4n) is 2.19. The van der Waals surface area contributed by atoms with Gasteiger partial charge in [-0.3, -0.25) is 14.4 Å². The van der Waals surface area contributed by atoms with E-state index < -0.39 is 5.97 Å². The fourth-order valence-corrected chi connectivity index (χ4v) is 2.19. The average Bonchev–Trinajstić information content (AvgIpc) is 2.38. The number of carboxylic acid groups (broad SMARTS) is 1. The summed E-state index contributed by atoms with van der Waals surface area (Å²) in [4.78, 5) is 35.6. The van der Waals surface area contributed by atoms with E-state index in [1.54, 1.807) is 4.90 Å². The molecule has 0 aromatic rings. The molecule has 0 bridgehead atoms. The van der Waals surface area contributed by atoms with Crippen LogP contribution >= 0.6 is 0 Å². The van der Waals surface area contributed by atoms with Gasteiger partial charge in [-0.2, -0.15) is 0 Å². The van der Waals surface area contributed by atoms with E-state index >= 15 is 0 Å². The van der Waals surface area contributed by atoms with Gasteiger partial charge < -0.3 is 15.3 Å². The van der Waals surface area contributed by atoms with Gasteiger partial charge in [0.05, 0.1) is 0 Å². The highest BCUT2D eigenvalue weighted by Crippen LogP contribution is 2.13. The van der Waals surface area contributed by atoms with E-state index in [9.17, 15) is 14.4 Å². The smallest absolute Gasteiger partial charge is 0.303 e. The number of nitrogens with one attached hydrogen (secondary N) is 1. The minimum Gasteiger partial charge on any atom is -0.481 e. The standard InChI is InChI=1S/C14H24N2O4/c1-10(2)14(20)15-11-6-8-16(9-7-11)12(17)4-3-5-13(18)19/h10-11H,3-9H2,1-2H3,(H,15,20)(H,18,19). The third-order valence-corrected chi connectivity index (χ3v) is 3.50. The summed E-state index contributed by atoms with van der Waals surface area (Å²) in [7, 11) is 0. The Labute approximate surface area is 119 Å². The van der Waals surface area contributed by atoms with Crippen molar-refractivity contribution in [1.29, 1.82) is 0 Å². The summed E-state index contributed by atoms with van der Waals surface area (Å²) in [6.07, 6.45) is 2.24. The van der Waals surface area contributed by atoms with Gasteiger partial charge in [-0.15, -0.1) is 0 Å². The Morgan fingerprint density at radius 3 is 2.30 bits per heavy atom. The van der Waals surface area contributed by atoms with Crippen LogP contribution in [0.4, 0.5) is 0 Å². The van der Waals surface area contributed by atoms with Crippen LogP contribution in [-0.4, -0.2) is 46.9 Å². The lowest BCUT2D eigenvalue weighted by Gasteiger charge is -2.32. The second-order valence-corrected chi connectivity index (χ2v) is 5.57. The quantitative estimate of drug-likeness (QED) is 0.762. The number of carboxylic acids is 1. The maximum absolute atomic E-state index is 11.9. The van der Waals surface area contributed by atoms with Crippen LogP contribution in [0.2, 0.25) is 0 Å². The lowest BCUT2D eigenvalue weighted by atomic mass is 10.0.